The van der Waals surface area contributed by atoms with Gasteiger partial charge in [-0.3, -0.25) is 0 Å². The molecule has 0 bridgehead atoms. The first-order chi connectivity index (χ1) is 8.60. The summed E-state index contributed by atoms with van der Waals surface area (Å²) in [6.07, 6.45) is -3.50. The number of hydrogen-bond donors (Lipinski definition) is 3. The Hall–Kier alpha value is -0.280. The van der Waals surface area contributed by atoms with Crippen LogP contribution in [-0.4, -0.2) is 72.6 Å². The Balaban J connectivity index is 1.80. The first-order valence-electron chi connectivity index (χ1n) is 6.05. The van der Waals surface area contributed by atoms with E-state index in [1.165, 1.54) is 7.11 Å². The number of ether oxygens (including phenoxy) is 4. The minimum absolute atomic E-state index is 0.137. The summed E-state index contributed by atoms with van der Waals surface area (Å²) < 4.78 is 20.9. The Morgan fingerprint density at radius 2 is 1.61 bits per heavy atom. The number of aliphatic hydroxyl groups is 3. The molecule has 3 N–H and O–H groups in total. The molecule has 7 heteroatoms. The Labute approximate surface area is 105 Å². The molecule has 0 aromatic rings. The van der Waals surface area contributed by atoms with Gasteiger partial charge in [0.05, 0.1) is 25.4 Å². The monoisotopic (exact) mass is 264 g/mol. The van der Waals surface area contributed by atoms with E-state index in [4.69, 9.17) is 18.9 Å². The zero-order chi connectivity index (χ0) is 13.1. The van der Waals surface area contributed by atoms with Crippen molar-refractivity contribution in [3.63, 3.8) is 0 Å². The number of methoxy groups -OCH3 is 1. The zero-order valence-electron chi connectivity index (χ0n) is 10.3. The Morgan fingerprint density at radius 3 is 2.22 bits per heavy atom. The Morgan fingerprint density at radius 1 is 0.944 bits per heavy atom. The molecule has 2 rings (SSSR count). The second-order valence-electron chi connectivity index (χ2n) is 4.66. The van der Waals surface area contributed by atoms with E-state index < -0.39 is 30.9 Å². The van der Waals surface area contributed by atoms with E-state index in [0.717, 1.165) is 0 Å². The molecular formula is C11H20O7. The molecule has 0 aliphatic carbocycles. The molecule has 2 aliphatic heterocycles. The van der Waals surface area contributed by atoms with Gasteiger partial charge in [0.25, 0.3) is 0 Å². The van der Waals surface area contributed by atoms with Crippen LogP contribution in [0.4, 0.5) is 0 Å². The van der Waals surface area contributed by atoms with Crippen LogP contribution >= 0.6 is 0 Å². The third-order valence-electron chi connectivity index (χ3n) is 3.10. The zero-order valence-corrected chi connectivity index (χ0v) is 10.3. The lowest BCUT2D eigenvalue weighted by molar-refractivity contribution is -0.289. The Kier molecular flexibility index (Phi) is 4.91. The molecule has 0 spiro atoms. The maximum Gasteiger partial charge on any atom is 0.184 e. The smallest absolute Gasteiger partial charge is 0.184 e. The standard InChI is InChI=1S/C11H20O7/c1-15-10-9(14)3-7(5-17-10)18-11-8(13)2-6(12)4-16-11/h6-14H,2-5H2,1H3/t6-,7-,8+,9+,10-,11+/m0/s1. The summed E-state index contributed by atoms with van der Waals surface area (Å²) in [4.78, 5) is 0. The fourth-order valence-corrected chi connectivity index (χ4v) is 2.18. The number of aliphatic hydroxyl groups excluding tert-OH is 3. The first-order valence-corrected chi connectivity index (χ1v) is 6.05. The summed E-state index contributed by atoms with van der Waals surface area (Å²) in [5.74, 6) is 0. The van der Waals surface area contributed by atoms with Crippen LogP contribution in [0.2, 0.25) is 0 Å². The molecule has 0 unspecified atom stereocenters. The van der Waals surface area contributed by atoms with Gasteiger partial charge in [0.1, 0.15) is 12.2 Å². The van der Waals surface area contributed by atoms with Gasteiger partial charge in [-0.2, -0.15) is 0 Å². The maximum absolute atomic E-state index is 9.70. The first kappa shape index (κ1) is 14.1. The van der Waals surface area contributed by atoms with Crippen molar-refractivity contribution in [1.29, 1.82) is 0 Å². The van der Waals surface area contributed by atoms with Crippen molar-refractivity contribution >= 4 is 0 Å². The van der Waals surface area contributed by atoms with Crippen LogP contribution in [0.15, 0.2) is 0 Å². The minimum Gasteiger partial charge on any atom is -0.391 e. The normalized spacial score (nSPS) is 46.0. The van der Waals surface area contributed by atoms with E-state index in [1.54, 1.807) is 0 Å². The summed E-state index contributed by atoms with van der Waals surface area (Å²) in [7, 11) is 1.46. The molecule has 0 aromatic carbocycles. The molecule has 0 saturated carbocycles. The lowest BCUT2D eigenvalue weighted by Gasteiger charge is -2.37. The van der Waals surface area contributed by atoms with Gasteiger partial charge in [-0.15, -0.1) is 0 Å². The highest BCUT2D eigenvalue weighted by Gasteiger charge is 2.36. The molecular weight excluding hydrogens is 244 g/mol. The van der Waals surface area contributed by atoms with Crippen LogP contribution in [0.1, 0.15) is 12.8 Å². The van der Waals surface area contributed by atoms with Crippen LogP contribution in [0, 0.1) is 0 Å². The van der Waals surface area contributed by atoms with E-state index >= 15 is 0 Å². The van der Waals surface area contributed by atoms with Crippen LogP contribution in [0.5, 0.6) is 0 Å². The summed E-state index contributed by atoms with van der Waals surface area (Å²) in [5.41, 5.74) is 0. The third-order valence-corrected chi connectivity index (χ3v) is 3.10. The predicted molar refractivity (Wildman–Crippen MR) is 58.6 cm³/mol. The van der Waals surface area contributed by atoms with Gasteiger partial charge in [0, 0.05) is 20.0 Å². The molecule has 2 heterocycles. The van der Waals surface area contributed by atoms with E-state index in [0.29, 0.717) is 6.42 Å². The van der Waals surface area contributed by atoms with Gasteiger partial charge in [-0.1, -0.05) is 0 Å². The van der Waals surface area contributed by atoms with Crippen LogP contribution in [0.25, 0.3) is 0 Å². The average Bonchev–Trinajstić information content (AvgIpc) is 2.33. The van der Waals surface area contributed by atoms with E-state index in [9.17, 15) is 15.3 Å². The molecule has 6 atom stereocenters. The molecule has 0 amide bonds. The van der Waals surface area contributed by atoms with Crippen LogP contribution in [-0.2, 0) is 18.9 Å². The quantitative estimate of drug-likeness (QED) is 0.576. The van der Waals surface area contributed by atoms with Crippen molar-refractivity contribution < 1.29 is 34.3 Å². The topological polar surface area (TPSA) is 97.6 Å². The summed E-state index contributed by atoms with van der Waals surface area (Å²) in [6.45, 7) is 0.406. The van der Waals surface area contributed by atoms with E-state index in [1.807, 2.05) is 0 Å². The average molecular weight is 264 g/mol. The maximum atomic E-state index is 9.70. The lowest BCUT2D eigenvalue weighted by Crippen LogP contribution is -2.48. The van der Waals surface area contributed by atoms with E-state index in [-0.39, 0.29) is 25.7 Å². The molecule has 0 radical (unpaired) electrons. The highest BCUT2D eigenvalue weighted by Crippen LogP contribution is 2.22. The van der Waals surface area contributed by atoms with Gasteiger partial charge in [0.15, 0.2) is 12.6 Å². The number of hydrogen-bond acceptors (Lipinski definition) is 7. The summed E-state index contributed by atoms with van der Waals surface area (Å²) in [6, 6.07) is 0. The van der Waals surface area contributed by atoms with Gasteiger partial charge >= 0.3 is 0 Å². The van der Waals surface area contributed by atoms with Crippen molar-refractivity contribution in [1.82, 2.24) is 0 Å². The van der Waals surface area contributed by atoms with Crippen LogP contribution < -0.4 is 0 Å². The van der Waals surface area contributed by atoms with Crippen molar-refractivity contribution in [2.45, 2.75) is 49.8 Å². The third kappa shape index (κ3) is 3.39. The molecule has 18 heavy (non-hydrogen) atoms. The van der Waals surface area contributed by atoms with Crippen molar-refractivity contribution in [3.8, 4) is 0 Å². The molecule has 2 aliphatic rings. The van der Waals surface area contributed by atoms with Gasteiger partial charge < -0.3 is 34.3 Å². The highest BCUT2D eigenvalue weighted by molar-refractivity contribution is 4.78. The van der Waals surface area contributed by atoms with Gasteiger partial charge in [-0.05, 0) is 0 Å². The Bertz CT molecular complexity index is 262. The highest BCUT2D eigenvalue weighted by atomic mass is 16.7. The van der Waals surface area contributed by atoms with E-state index in [2.05, 4.69) is 0 Å². The SMILES string of the molecule is CO[C@H]1OC[C@@H](O[C@H]2OC[C@@H](O)C[C@H]2O)C[C@H]1O. The fourth-order valence-electron chi connectivity index (χ4n) is 2.18. The summed E-state index contributed by atoms with van der Waals surface area (Å²) in [5, 5.41) is 28.7. The molecule has 7 nitrogen and oxygen atoms in total. The van der Waals surface area contributed by atoms with Gasteiger partial charge in [-0.25, -0.2) is 0 Å². The minimum atomic E-state index is -0.869. The van der Waals surface area contributed by atoms with Crippen LogP contribution in [0.3, 0.4) is 0 Å². The molecule has 2 saturated heterocycles. The van der Waals surface area contributed by atoms with Gasteiger partial charge in [0.2, 0.25) is 0 Å². The largest absolute Gasteiger partial charge is 0.391 e. The second kappa shape index (κ2) is 6.25. The second-order valence-corrected chi connectivity index (χ2v) is 4.66. The molecule has 0 aromatic heterocycles. The van der Waals surface area contributed by atoms with Crippen molar-refractivity contribution in [2.24, 2.45) is 0 Å². The molecule has 106 valence electrons. The molecule has 2 fully saturated rings. The summed E-state index contributed by atoms with van der Waals surface area (Å²) >= 11 is 0. The predicted octanol–water partition coefficient (Wildman–Crippen LogP) is -1.41. The van der Waals surface area contributed by atoms with Crippen molar-refractivity contribution in [2.75, 3.05) is 20.3 Å². The lowest BCUT2D eigenvalue weighted by atomic mass is 10.1. The number of rotatable bonds is 3. The van der Waals surface area contributed by atoms with Crippen molar-refractivity contribution in [3.05, 3.63) is 0 Å². The fraction of sp³-hybridized carbons (Fsp3) is 1.00.